The fourth-order valence-electron chi connectivity index (χ4n) is 2.47. The van der Waals surface area contributed by atoms with Gasteiger partial charge in [-0.15, -0.1) is 0 Å². The second-order valence-electron chi connectivity index (χ2n) is 5.51. The number of nitrogens with zero attached hydrogens (tertiary/aromatic N) is 1. The topological polar surface area (TPSA) is 37.0 Å². The van der Waals surface area contributed by atoms with Crippen molar-refractivity contribution in [3.05, 3.63) is 23.4 Å². The Morgan fingerprint density at radius 1 is 1.45 bits per heavy atom. The van der Waals surface area contributed by atoms with Crippen LogP contribution in [0.2, 0.25) is 0 Å². The quantitative estimate of drug-likeness (QED) is 0.718. The Bertz CT molecular complexity index is 415. The van der Waals surface area contributed by atoms with Crippen LogP contribution in [0.15, 0.2) is 12.1 Å². The number of rotatable bonds is 8. The van der Waals surface area contributed by atoms with Crippen molar-refractivity contribution in [1.29, 1.82) is 0 Å². The molecule has 2 N–H and O–H groups in total. The number of fused-ring (bicyclic) bond motifs is 1. The fraction of sp³-hybridized carbons (Fsp3) is 0.688. The van der Waals surface area contributed by atoms with E-state index in [1.54, 1.807) is 0 Å². The number of nitrogens with one attached hydrogen (secondary N) is 2. The summed E-state index contributed by atoms with van der Waals surface area (Å²) in [7, 11) is 0. The predicted octanol–water partition coefficient (Wildman–Crippen LogP) is 3.35. The summed E-state index contributed by atoms with van der Waals surface area (Å²) in [4.78, 5) is 4.68. The molecule has 2 heterocycles. The molecule has 0 bridgehead atoms. The van der Waals surface area contributed by atoms with Gasteiger partial charge in [-0.1, -0.05) is 13.0 Å². The molecule has 0 aliphatic carbocycles. The van der Waals surface area contributed by atoms with Gasteiger partial charge in [0.25, 0.3) is 0 Å². The third kappa shape index (κ3) is 4.75. The van der Waals surface area contributed by atoms with Crippen LogP contribution in [-0.4, -0.2) is 30.8 Å². The van der Waals surface area contributed by atoms with Crippen molar-refractivity contribution in [2.24, 2.45) is 0 Å². The zero-order valence-corrected chi connectivity index (χ0v) is 12.4. The lowest BCUT2D eigenvalue weighted by molar-refractivity contribution is 0.310. The highest BCUT2D eigenvalue weighted by atomic mass is 19.1. The standard InChI is InChI=1S/C16H26FN3.H2/c1-2-14(17)12-18-10-4-3-7-15-9-8-13-6-5-11-19-16(13)20-15;/h8-9,14,18H,2-7,10-12H2,1H3,(H,19,20);1H/t14-;/m1./s1. The molecule has 1 aliphatic heterocycles. The van der Waals surface area contributed by atoms with Crippen LogP contribution < -0.4 is 10.6 Å². The number of pyridine rings is 1. The summed E-state index contributed by atoms with van der Waals surface area (Å²) in [5.74, 6) is 1.08. The maximum absolute atomic E-state index is 13.0. The van der Waals surface area contributed by atoms with Gasteiger partial charge in [0.1, 0.15) is 12.0 Å². The van der Waals surface area contributed by atoms with Gasteiger partial charge in [-0.3, -0.25) is 0 Å². The van der Waals surface area contributed by atoms with E-state index in [0.29, 0.717) is 13.0 Å². The van der Waals surface area contributed by atoms with Crippen molar-refractivity contribution in [3.63, 3.8) is 0 Å². The molecule has 2 rings (SSSR count). The largest absolute Gasteiger partial charge is 0.370 e. The zero-order valence-electron chi connectivity index (χ0n) is 12.4. The summed E-state index contributed by atoms with van der Waals surface area (Å²) in [5, 5.41) is 6.53. The Kier molecular flexibility index (Phi) is 6.25. The lowest BCUT2D eigenvalue weighted by Gasteiger charge is -2.17. The number of unbranched alkanes of at least 4 members (excludes halogenated alkanes) is 1. The average molecular weight is 281 g/mol. The summed E-state index contributed by atoms with van der Waals surface area (Å²) in [6.07, 6.45) is 5.41. The maximum atomic E-state index is 13.0. The second-order valence-corrected chi connectivity index (χ2v) is 5.51. The SMILES string of the molecule is CC[C@@H](F)CNCCCCc1ccc2c(n1)NCCC2.[HH]. The van der Waals surface area contributed by atoms with Gasteiger partial charge in [0, 0.05) is 20.2 Å². The van der Waals surface area contributed by atoms with Crippen LogP contribution in [0.3, 0.4) is 0 Å². The number of halogens is 1. The molecule has 3 nitrogen and oxygen atoms in total. The van der Waals surface area contributed by atoms with Crippen molar-refractivity contribution in [2.45, 2.75) is 51.6 Å². The normalized spacial score (nSPS) is 15.5. The molecular weight excluding hydrogens is 253 g/mol. The van der Waals surface area contributed by atoms with Gasteiger partial charge < -0.3 is 10.6 Å². The number of hydrogen-bond donors (Lipinski definition) is 2. The van der Waals surface area contributed by atoms with Crippen LogP contribution in [0, 0.1) is 0 Å². The van der Waals surface area contributed by atoms with Gasteiger partial charge in [0.05, 0.1) is 0 Å². The Hall–Kier alpha value is -1.16. The van der Waals surface area contributed by atoms with E-state index in [0.717, 1.165) is 50.3 Å². The first kappa shape index (κ1) is 15.2. The van der Waals surface area contributed by atoms with Crippen molar-refractivity contribution < 1.29 is 5.82 Å². The molecule has 0 saturated carbocycles. The molecule has 20 heavy (non-hydrogen) atoms. The summed E-state index contributed by atoms with van der Waals surface area (Å²) in [6.45, 7) is 4.29. The molecule has 114 valence electrons. The lowest BCUT2D eigenvalue weighted by atomic mass is 10.1. The number of aryl methyl sites for hydroxylation is 2. The van der Waals surface area contributed by atoms with Crippen molar-refractivity contribution in [1.82, 2.24) is 10.3 Å². The summed E-state index contributed by atoms with van der Waals surface area (Å²) >= 11 is 0. The highest BCUT2D eigenvalue weighted by Crippen LogP contribution is 2.20. The molecule has 0 fully saturated rings. The molecule has 0 saturated heterocycles. The monoisotopic (exact) mass is 281 g/mol. The molecule has 4 heteroatoms. The molecular formula is C16H28FN3. The van der Waals surface area contributed by atoms with E-state index in [1.165, 1.54) is 12.0 Å². The summed E-state index contributed by atoms with van der Waals surface area (Å²) in [6, 6.07) is 4.35. The van der Waals surface area contributed by atoms with Crippen molar-refractivity contribution >= 4 is 5.82 Å². The number of alkyl halides is 1. The maximum Gasteiger partial charge on any atom is 0.129 e. The van der Waals surface area contributed by atoms with Crippen molar-refractivity contribution in [2.75, 3.05) is 25.0 Å². The minimum Gasteiger partial charge on any atom is -0.370 e. The highest BCUT2D eigenvalue weighted by Gasteiger charge is 2.09. The van der Waals surface area contributed by atoms with Crippen LogP contribution in [0.5, 0.6) is 0 Å². The minimum atomic E-state index is -0.705. The smallest absolute Gasteiger partial charge is 0.129 e. The predicted molar refractivity (Wildman–Crippen MR) is 84.2 cm³/mol. The second kappa shape index (κ2) is 8.20. The van der Waals surface area contributed by atoms with Gasteiger partial charge in [-0.05, 0) is 56.7 Å². The van der Waals surface area contributed by atoms with E-state index >= 15 is 0 Å². The Morgan fingerprint density at radius 3 is 3.20 bits per heavy atom. The Labute approximate surface area is 122 Å². The molecule has 1 aromatic heterocycles. The van der Waals surface area contributed by atoms with Crippen LogP contribution in [-0.2, 0) is 12.8 Å². The van der Waals surface area contributed by atoms with Gasteiger partial charge in [-0.25, -0.2) is 9.37 Å². The van der Waals surface area contributed by atoms with E-state index < -0.39 is 6.17 Å². The number of aromatic nitrogens is 1. The molecule has 1 atom stereocenters. The molecule has 0 amide bonds. The van der Waals surface area contributed by atoms with Gasteiger partial charge in [-0.2, -0.15) is 0 Å². The molecule has 0 spiro atoms. The molecule has 1 aliphatic rings. The van der Waals surface area contributed by atoms with E-state index in [-0.39, 0.29) is 1.43 Å². The number of anilines is 1. The van der Waals surface area contributed by atoms with Crippen LogP contribution in [0.25, 0.3) is 0 Å². The van der Waals surface area contributed by atoms with E-state index in [9.17, 15) is 4.39 Å². The fourth-order valence-corrected chi connectivity index (χ4v) is 2.47. The molecule has 0 radical (unpaired) electrons. The summed E-state index contributed by atoms with van der Waals surface area (Å²) < 4.78 is 13.0. The third-order valence-corrected chi connectivity index (χ3v) is 3.80. The van der Waals surface area contributed by atoms with Crippen molar-refractivity contribution in [3.8, 4) is 0 Å². The van der Waals surface area contributed by atoms with Gasteiger partial charge in [0.15, 0.2) is 0 Å². The summed E-state index contributed by atoms with van der Waals surface area (Å²) in [5.41, 5.74) is 2.50. The van der Waals surface area contributed by atoms with Crippen LogP contribution >= 0.6 is 0 Å². The van der Waals surface area contributed by atoms with Crippen LogP contribution in [0.4, 0.5) is 10.2 Å². The lowest BCUT2D eigenvalue weighted by Crippen LogP contribution is -2.24. The minimum absolute atomic E-state index is 0. The first-order chi connectivity index (χ1) is 9.79. The highest BCUT2D eigenvalue weighted by molar-refractivity contribution is 5.46. The van der Waals surface area contributed by atoms with Gasteiger partial charge in [0.2, 0.25) is 0 Å². The van der Waals surface area contributed by atoms with E-state index in [2.05, 4.69) is 27.8 Å². The first-order valence-electron chi connectivity index (χ1n) is 7.87. The van der Waals surface area contributed by atoms with Gasteiger partial charge >= 0.3 is 0 Å². The average Bonchev–Trinajstić information content (AvgIpc) is 2.50. The Balaban J connectivity index is 0.00000220. The molecule has 1 aromatic rings. The number of hydrogen-bond acceptors (Lipinski definition) is 3. The third-order valence-electron chi connectivity index (χ3n) is 3.80. The Morgan fingerprint density at radius 2 is 2.35 bits per heavy atom. The first-order valence-corrected chi connectivity index (χ1v) is 7.87. The van der Waals surface area contributed by atoms with E-state index in [4.69, 9.17) is 0 Å². The molecule has 0 aromatic carbocycles. The molecule has 0 unspecified atom stereocenters. The van der Waals surface area contributed by atoms with Crippen LogP contribution in [0.1, 0.15) is 45.3 Å². The van der Waals surface area contributed by atoms with E-state index in [1.807, 2.05) is 6.92 Å². The zero-order chi connectivity index (χ0) is 14.2.